The van der Waals surface area contributed by atoms with Gasteiger partial charge >= 0.3 is 0 Å². The highest BCUT2D eigenvalue weighted by Crippen LogP contribution is 2.29. The van der Waals surface area contributed by atoms with Crippen LogP contribution >= 0.6 is 11.3 Å². The number of aryl methyl sites for hydroxylation is 1. The van der Waals surface area contributed by atoms with Gasteiger partial charge in [-0.2, -0.15) is 0 Å². The van der Waals surface area contributed by atoms with Crippen LogP contribution in [0, 0.1) is 6.92 Å². The first-order valence-corrected chi connectivity index (χ1v) is 7.60. The average Bonchev–Trinajstić information content (AvgIpc) is 3.05. The summed E-state index contributed by atoms with van der Waals surface area (Å²) in [5.74, 6) is 0.216. The monoisotopic (exact) mass is 287 g/mol. The van der Waals surface area contributed by atoms with E-state index in [4.69, 9.17) is 0 Å². The minimum Gasteiger partial charge on any atom is -0.378 e. The van der Waals surface area contributed by atoms with Gasteiger partial charge in [-0.3, -0.25) is 4.79 Å². The molecule has 1 aromatic heterocycles. The van der Waals surface area contributed by atoms with Gasteiger partial charge in [-0.25, -0.2) is 4.98 Å². The number of hydrogen-bond acceptors (Lipinski definition) is 4. The Morgan fingerprint density at radius 2 is 2.25 bits per heavy atom. The second-order valence-electron chi connectivity index (χ2n) is 4.87. The molecule has 2 aromatic rings. The maximum atomic E-state index is 11.9. The van der Waals surface area contributed by atoms with Crippen LogP contribution in [0.25, 0.3) is 0 Å². The van der Waals surface area contributed by atoms with Crippen LogP contribution in [-0.4, -0.2) is 17.4 Å². The Labute approximate surface area is 122 Å². The molecular formula is C15H17N3OS. The third kappa shape index (κ3) is 2.67. The van der Waals surface area contributed by atoms with E-state index >= 15 is 0 Å². The van der Waals surface area contributed by atoms with Crippen LogP contribution in [0.2, 0.25) is 0 Å². The van der Waals surface area contributed by atoms with Crippen LogP contribution < -0.4 is 10.2 Å². The molecule has 0 bridgehead atoms. The zero-order chi connectivity index (χ0) is 13.9. The molecule has 1 aliphatic rings. The van der Waals surface area contributed by atoms with Gasteiger partial charge in [0, 0.05) is 24.0 Å². The first kappa shape index (κ1) is 13.1. The summed E-state index contributed by atoms with van der Waals surface area (Å²) in [6, 6.07) is 7.99. The Morgan fingerprint density at radius 3 is 2.95 bits per heavy atom. The fourth-order valence-electron chi connectivity index (χ4n) is 2.43. The van der Waals surface area contributed by atoms with Gasteiger partial charge in [0.25, 0.3) is 0 Å². The third-order valence-electron chi connectivity index (χ3n) is 3.39. The van der Waals surface area contributed by atoms with Gasteiger partial charge in [0.1, 0.15) is 0 Å². The first-order valence-electron chi connectivity index (χ1n) is 6.78. The molecule has 1 aromatic carbocycles. The van der Waals surface area contributed by atoms with Crippen LogP contribution in [0.3, 0.4) is 0 Å². The molecular weight excluding hydrogens is 270 g/mol. The lowest BCUT2D eigenvalue weighted by atomic mass is 10.2. The molecule has 1 aliphatic heterocycles. The Hall–Kier alpha value is -1.88. The standard InChI is InChI=1S/C15H17N3OS/c1-11-16-9-12(20-11)10-17-13-5-2-3-6-14(13)18-8-4-7-15(18)19/h2-3,5-6,9,17H,4,7-8,10H2,1H3. The first-order chi connectivity index (χ1) is 9.74. The molecule has 0 aliphatic carbocycles. The predicted octanol–water partition coefficient (Wildman–Crippen LogP) is 3.19. The smallest absolute Gasteiger partial charge is 0.227 e. The van der Waals surface area contributed by atoms with Crippen LogP contribution in [0.4, 0.5) is 11.4 Å². The molecule has 1 fully saturated rings. The number of carbonyl (C=O) groups excluding carboxylic acids is 1. The third-order valence-corrected chi connectivity index (χ3v) is 4.30. The van der Waals surface area contributed by atoms with Crippen molar-refractivity contribution in [2.75, 3.05) is 16.8 Å². The highest BCUT2D eigenvalue weighted by molar-refractivity contribution is 7.11. The molecule has 0 atom stereocenters. The molecule has 3 rings (SSSR count). The van der Waals surface area contributed by atoms with Gasteiger partial charge in [-0.1, -0.05) is 12.1 Å². The van der Waals surface area contributed by atoms with Crippen molar-refractivity contribution in [3.8, 4) is 0 Å². The molecule has 0 unspecified atom stereocenters. The van der Waals surface area contributed by atoms with E-state index in [1.54, 1.807) is 11.3 Å². The number of benzene rings is 1. The topological polar surface area (TPSA) is 45.2 Å². The lowest BCUT2D eigenvalue weighted by Gasteiger charge is -2.20. The maximum absolute atomic E-state index is 11.9. The van der Waals surface area contributed by atoms with Crippen molar-refractivity contribution in [3.63, 3.8) is 0 Å². The van der Waals surface area contributed by atoms with Crippen molar-refractivity contribution in [2.24, 2.45) is 0 Å². The van der Waals surface area contributed by atoms with Gasteiger partial charge in [-0.15, -0.1) is 11.3 Å². The van der Waals surface area contributed by atoms with Crippen molar-refractivity contribution in [1.29, 1.82) is 0 Å². The minimum absolute atomic E-state index is 0.216. The lowest BCUT2D eigenvalue weighted by molar-refractivity contribution is -0.117. The molecule has 0 spiro atoms. The summed E-state index contributed by atoms with van der Waals surface area (Å²) in [6.45, 7) is 3.56. The number of anilines is 2. The van der Waals surface area contributed by atoms with E-state index in [-0.39, 0.29) is 5.91 Å². The van der Waals surface area contributed by atoms with Gasteiger partial charge < -0.3 is 10.2 Å². The van der Waals surface area contributed by atoms with Gasteiger partial charge in [0.05, 0.1) is 22.9 Å². The Kier molecular flexibility index (Phi) is 3.69. The van der Waals surface area contributed by atoms with Crippen molar-refractivity contribution in [1.82, 2.24) is 4.98 Å². The van der Waals surface area contributed by atoms with E-state index in [1.165, 1.54) is 4.88 Å². The SMILES string of the molecule is Cc1ncc(CNc2ccccc2N2CCCC2=O)s1. The molecule has 1 N–H and O–H groups in total. The molecule has 0 saturated carbocycles. The summed E-state index contributed by atoms with van der Waals surface area (Å²) in [5, 5.41) is 4.49. The largest absolute Gasteiger partial charge is 0.378 e. The number of thiazole rings is 1. The van der Waals surface area contributed by atoms with Crippen molar-refractivity contribution < 1.29 is 4.79 Å². The summed E-state index contributed by atoms with van der Waals surface area (Å²) in [4.78, 5) is 19.2. The van der Waals surface area contributed by atoms with E-state index in [0.29, 0.717) is 6.42 Å². The maximum Gasteiger partial charge on any atom is 0.227 e. The Balaban J connectivity index is 1.77. The summed E-state index contributed by atoms with van der Waals surface area (Å²) in [5.41, 5.74) is 1.99. The number of amides is 1. The second kappa shape index (κ2) is 5.63. The summed E-state index contributed by atoms with van der Waals surface area (Å²) in [7, 11) is 0. The van der Waals surface area contributed by atoms with Gasteiger partial charge in [0.15, 0.2) is 0 Å². The van der Waals surface area contributed by atoms with Crippen LogP contribution in [0.5, 0.6) is 0 Å². The number of nitrogens with one attached hydrogen (secondary N) is 1. The van der Waals surface area contributed by atoms with E-state index in [1.807, 2.05) is 42.3 Å². The molecule has 2 heterocycles. The highest BCUT2D eigenvalue weighted by Gasteiger charge is 2.23. The number of carbonyl (C=O) groups is 1. The van der Waals surface area contributed by atoms with Crippen molar-refractivity contribution >= 4 is 28.6 Å². The van der Waals surface area contributed by atoms with Crippen LogP contribution in [0.1, 0.15) is 22.7 Å². The molecule has 5 heteroatoms. The second-order valence-corrected chi connectivity index (χ2v) is 6.18. The molecule has 0 radical (unpaired) electrons. The minimum atomic E-state index is 0.216. The lowest BCUT2D eigenvalue weighted by Crippen LogP contribution is -2.24. The molecule has 1 saturated heterocycles. The summed E-state index contributed by atoms with van der Waals surface area (Å²) < 4.78 is 0. The highest BCUT2D eigenvalue weighted by atomic mass is 32.1. The fraction of sp³-hybridized carbons (Fsp3) is 0.333. The summed E-state index contributed by atoms with van der Waals surface area (Å²) in [6.07, 6.45) is 3.50. The normalized spacial score (nSPS) is 14.8. The van der Waals surface area contributed by atoms with E-state index in [2.05, 4.69) is 10.3 Å². The zero-order valence-electron chi connectivity index (χ0n) is 11.4. The number of nitrogens with zero attached hydrogens (tertiary/aromatic N) is 2. The quantitative estimate of drug-likeness (QED) is 0.939. The van der Waals surface area contributed by atoms with E-state index in [0.717, 1.165) is 35.9 Å². The Morgan fingerprint density at radius 1 is 1.40 bits per heavy atom. The number of hydrogen-bond donors (Lipinski definition) is 1. The zero-order valence-corrected chi connectivity index (χ0v) is 12.2. The predicted molar refractivity (Wildman–Crippen MR) is 82.2 cm³/mol. The molecule has 20 heavy (non-hydrogen) atoms. The Bertz CT molecular complexity index is 623. The van der Waals surface area contributed by atoms with Crippen molar-refractivity contribution in [2.45, 2.75) is 26.3 Å². The average molecular weight is 287 g/mol. The van der Waals surface area contributed by atoms with Crippen LogP contribution in [-0.2, 0) is 11.3 Å². The van der Waals surface area contributed by atoms with E-state index < -0.39 is 0 Å². The number of aromatic nitrogens is 1. The van der Waals surface area contributed by atoms with Crippen molar-refractivity contribution in [3.05, 3.63) is 40.3 Å². The van der Waals surface area contributed by atoms with Gasteiger partial charge in [0.2, 0.25) is 5.91 Å². The molecule has 1 amide bonds. The number of para-hydroxylation sites is 2. The fourth-order valence-corrected chi connectivity index (χ4v) is 3.17. The number of rotatable bonds is 4. The van der Waals surface area contributed by atoms with E-state index in [9.17, 15) is 4.79 Å². The summed E-state index contributed by atoms with van der Waals surface area (Å²) >= 11 is 1.69. The van der Waals surface area contributed by atoms with Crippen LogP contribution in [0.15, 0.2) is 30.5 Å². The molecule has 4 nitrogen and oxygen atoms in total. The molecule has 104 valence electrons. The van der Waals surface area contributed by atoms with Gasteiger partial charge in [-0.05, 0) is 25.5 Å².